The molecule has 2 N–H and O–H groups in total. The first-order valence-corrected chi connectivity index (χ1v) is 9.97. The molecule has 0 aliphatic carbocycles. The standard InChI is InChI=1S/C21H20N4O2S/c1-13-7-9-15(10-8-13)20-23-21(25-24-20)28-12-19(26)22-14(2)18-11-16-5-3-4-6-17(16)27-18/h3-11,14H,12H2,1-2H3,(H,22,26)(H,23,24,25)/t14-/m0/s1. The van der Waals surface area contributed by atoms with Crippen molar-refractivity contribution >= 4 is 28.6 Å². The van der Waals surface area contributed by atoms with Gasteiger partial charge in [-0.05, 0) is 26.0 Å². The summed E-state index contributed by atoms with van der Waals surface area (Å²) in [4.78, 5) is 16.7. The Balaban J connectivity index is 1.33. The van der Waals surface area contributed by atoms with Crippen molar-refractivity contribution in [3.05, 3.63) is 65.9 Å². The first kappa shape index (κ1) is 18.3. The van der Waals surface area contributed by atoms with Crippen LogP contribution in [-0.4, -0.2) is 26.8 Å². The number of benzene rings is 2. The van der Waals surface area contributed by atoms with Crippen LogP contribution in [0.2, 0.25) is 0 Å². The molecule has 0 saturated carbocycles. The number of para-hydroxylation sites is 1. The van der Waals surface area contributed by atoms with Crippen LogP contribution >= 0.6 is 11.8 Å². The summed E-state index contributed by atoms with van der Waals surface area (Å²) in [6, 6.07) is 17.6. The molecule has 0 bridgehead atoms. The van der Waals surface area contributed by atoms with Crippen molar-refractivity contribution in [2.75, 3.05) is 5.75 Å². The number of amides is 1. The molecule has 0 unspecified atom stereocenters. The van der Waals surface area contributed by atoms with E-state index in [0.717, 1.165) is 22.3 Å². The van der Waals surface area contributed by atoms with Gasteiger partial charge in [0.1, 0.15) is 11.3 Å². The first-order chi connectivity index (χ1) is 13.6. The Labute approximate surface area is 166 Å². The quantitative estimate of drug-likeness (QED) is 0.472. The maximum atomic E-state index is 12.3. The van der Waals surface area contributed by atoms with E-state index in [2.05, 4.69) is 20.5 Å². The summed E-state index contributed by atoms with van der Waals surface area (Å²) in [5, 5.41) is 11.6. The summed E-state index contributed by atoms with van der Waals surface area (Å²) in [6.45, 7) is 3.94. The monoisotopic (exact) mass is 392 g/mol. The number of carbonyl (C=O) groups is 1. The number of thioether (sulfide) groups is 1. The minimum atomic E-state index is -0.212. The smallest absolute Gasteiger partial charge is 0.231 e. The van der Waals surface area contributed by atoms with Gasteiger partial charge in [0.05, 0.1) is 11.8 Å². The zero-order chi connectivity index (χ0) is 19.5. The van der Waals surface area contributed by atoms with Gasteiger partial charge < -0.3 is 9.73 Å². The van der Waals surface area contributed by atoms with Crippen LogP contribution < -0.4 is 5.32 Å². The lowest BCUT2D eigenvalue weighted by Gasteiger charge is -2.10. The topological polar surface area (TPSA) is 83.8 Å². The third kappa shape index (κ3) is 4.09. The lowest BCUT2D eigenvalue weighted by atomic mass is 10.1. The Hall–Kier alpha value is -3.06. The Morgan fingerprint density at radius 3 is 2.79 bits per heavy atom. The summed E-state index contributed by atoms with van der Waals surface area (Å²) >= 11 is 1.29. The van der Waals surface area contributed by atoms with Crippen LogP contribution in [0.15, 0.2) is 64.2 Å². The fraction of sp³-hybridized carbons (Fsp3) is 0.190. The maximum absolute atomic E-state index is 12.3. The Morgan fingerprint density at radius 1 is 1.21 bits per heavy atom. The van der Waals surface area contributed by atoms with Gasteiger partial charge in [-0.1, -0.05) is 59.8 Å². The highest BCUT2D eigenvalue weighted by Crippen LogP contribution is 2.24. The van der Waals surface area contributed by atoms with Gasteiger partial charge in [-0.25, -0.2) is 4.98 Å². The molecule has 142 valence electrons. The van der Waals surface area contributed by atoms with Crippen molar-refractivity contribution in [2.45, 2.75) is 25.0 Å². The zero-order valence-electron chi connectivity index (χ0n) is 15.6. The molecule has 2 heterocycles. The molecule has 6 nitrogen and oxygen atoms in total. The highest BCUT2D eigenvalue weighted by atomic mass is 32.2. The van der Waals surface area contributed by atoms with E-state index in [1.165, 1.54) is 17.3 Å². The maximum Gasteiger partial charge on any atom is 0.231 e. The van der Waals surface area contributed by atoms with E-state index in [0.29, 0.717) is 11.0 Å². The molecule has 0 saturated heterocycles. The van der Waals surface area contributed by atoms with E-state index in [1.54, 1.807) is 0 Å². The average Bonchev–Trinajstić information content (AvgIpc) is 3.34. The second-order valence-corrected chi connectivity index (χ2v) is 7.54. The number of rotatable bonds is 6. The molecule has 1 atom stereocenters. The number of nitrogens with one attached hydrogen (secondary N) is 2. The minimum absolute atomic E-state index is 0.0976. The van der Waals surface area contributed by atoms with E-state index in [1.807, 2.05) is 68.4 Å². The molecule has 0 radical (unpaired) electrons. The second kappa shape index (κ2) is 7.90. The SMILES string of the molecule is Cc1ccc(-c2nc(SCC(=O)N[C@@H](C)c3cc4ccccc4o3)n[nH]2)cc1. The zero-order valence-corrected chi connectivity index (χ0v) is 16.4. The lowest BCUT2D eigenvalue weighted by molar-refractivity contribution is -0.119. The second-order valence-electron chi connectivity index (χ2n) is 6.60. The average molecular weight is 392 g/mol. The molecule has 0 spiro atoms. The Bertz CT molecular complexity index is 1070. The number of fused-ring (bicyclic) bond motifs is 1. The fourth-order valence-corrected chi connectivity index (χ4v) is 3.46. The van der Waals surface area contributed by atoms with Crippen LogP contribution in [0.3, 0.4) is 0 Å². The number of aromatic amines is 1. The third-order valence-electron chi connectivity index (χ3n) is 4.37. The molecule has 28 heavy (non-hydrogen) atoms. The van der Waals surface area contributed by atoms with Crippen LogP contribution in [0.1, 0.15) is 24.3 Å². The lowest BCUT2D eigenvalue weighted by Crippen LogP contribution is -2.27. The number of hydrogen-bond donors (Lipinski definition) is 2. The Morgan fingerprint density at radius 2 is 2.00 bits per heavy atom. The van der Waals surface area contributed by atoms with Crippen LogP contribution in [-0.2, 0) is 4.79 Å². The Kier molecular flexibility index (Phi) is 5.16. The summed E-state index contributed by atoms with van der Waals surface area (Å²) in [6.07, 6.45) is 0. The molecule has 7 heteroatoms. The number of hydrogen-bond acceptors (Lipinski definition) is 5. The molecule has 4 aromatic rings. The van der Waals surface area contributed by atoms with Crippen LogP contribution in [0.25, 0.3) is 22.4 Å². The molecule has 0 aliphatic rings. The van der Waals surface area contributed by atoms with Crippen molar-refractivity contribution in [3.8, 4) is 11.4 Å². The van der Waals surface area contributed by atoms with Gasteiger partial charge in [0.2, 0.25) is 11.1 Å². The molecule has 2 aromatic heterocycles. The van der Waals surface area contributed by atoms with E-state index in [4.69, 9.17) is 4.42 Å². The van der Waals surface area contributed by atoms with Gasteiger partial charge >= 0.3 is 0 Å². The van der Waals surface area contributed by atoms with Gasteiger partial charge in [0.15, 0.2) is 5.82 Å². The van der Waals surface area contributed by atoms with E-state index in [9.17, 15) is 4.79 Å². The molecular weight excluding hydrogens is 372 g/mol. The summed E-state index contributed by atoms with van der Waals surface area (Å²) < 4.78 is 5.80. The van der Waals surface area contributed by atoms with Crippen LogP contribution in [0.4, 0.5) is 0 Å². The van der Waals surface area contributed by atoms with Crippen LogP contribution in [0, 0.1) is 6.92 Å². The largest absolute Gasteiger partial charge is 0.459 e. The fourth-order valence-electron chi connectivity index (χ4n) is 2.85. The summed E-state index contributed by atoms with van der Waals surface area (Å²) in [7, 11) is 0. The molecule has 0 fully saturated rings. The predicted octanol–water partition coefficient (Wildman–Crippen LogP) is 4.50. The highest BCUT2D eigenvalue weighted by molar-refractivity contribution is 7.99. The van der Waals surface area contributed by atoms with Crippen molar-refractivity contribution in [2.24, 2.45) is 0 Å². The number of aromatic nitrogens is 3. The van der Waals surface area contributed by atoms with E-state index < -0.39 is 0 Å². The molecule has 2 aromatic carbocycles. The summed E-state index contributed by atoms with van der Waals surface area (Å²) in [5.74, 6) is 1.56. The minimum Gasteiger partial charge on any atom is -0.459 e. The van der Waals surface area contributed by atoms with Crippen molar-refractivity contribution in [1.29, 1.82) is 0 Å². The predicted molar refractivity (Wildman–Crippen MR) is 110 cm³/mol. The number of nitrogens with zero attached hydrogens (tertiary/aromatic N) is 2. The van der Waals surface area contributed by atoms with Crippen LogP contribution in [0.5, 0.6) is 0 Å². The highest BCUT2D eigenvalue weighted by Gasteiger charge is 2.15. The normalized spacial score (nSPS) is 12.2. The van der Waals surface area contributed by atoms with Gasteiger partial charge in [-0.2, -0.15) is 0 Å². The number of H-pyrrole nitrogens is 1. The third-order valence-corrected chi connectivity index (χ3v) is 5.22. The number of aryl methyl sites for hydroxylation is 1. The molecule has 4 rings (SSSR count). The van der Waals surface area contributed by atoms with E-state index in [-0.39, 0.29) is 17.7 Å². The molecular formula is C21H20N4O2S. The number of furan rings is 1. The van der Waals surface area contributed by atoms with Gasteiger partial charge in [-0.15, -0.1) is 5.10 Å². The van der Waals surface area contributed by atoms with Gasteiger partial charge in [0, 0.05) is 10.9 Å². The van der Waals surface area contributed by atoms with Gasteiger partial charge in [-0.3, -0.25) is 9.89 Å². The first-order valence-electron chi connectivity index (χ1n) is 8.98. The number of carbonyl (C=O) groups excluding carboxylic acids is 1. The van der Waals surface area contributed by atoms with Gasteiger partial charge in [0.25, 0.3) is 0 Å². The molecule has 1 amide bonds. The summed E-state index contributed by atoms with van der Waals surface area (Å²) in [5.41, 5.74) is 2.97. The molecule has 0 aliphatic heterocycles. The van der Waals surface area contributed by atoms with E-state index >= 15 is 0 Å². The van der Waals surface area contributed by atoms with Crippen molar-refractivity contribution < 1.29 is 9.21 Å². The van der Waals surface area contributed by atoms with Crippen molar-refractivity contribution in [1.82, 2.24) is 20.5 Å². The van der Waals surface area contributed by atoms with Crippen molar-refractivity contribution in [3.63, 3.8) is 0 Å².